The summed E-state index contributed by atoms with van der Waals surface area (Å²) in [5.41, 5.74) is 1.94. The van der Waals surface area contributed by atoms with Crippen molar-refractivity contribution in [3.63, 3.8) is 0 Å². The van der Waals surface area contributed by atoms with Crippen LogP contribution in [0.3, 0.4) is 0 Å². The van der Waals surface area contributed by atoms with Crippen LogP contribution in [0.15, 0.2) is 42.7 Å². The van der Waals surface area contributed by atoms with Crippen molar-refractivity contribution < 1.29 is 13.2 Å². The van der Waals surface area contributed by atoms with Gasteiger partial charge in [-0.1, -0.05) is 12.1 Å². The van der Waals surface area contributed by atoms with Crippen molar-refractivity contribution in [3.8, 4) is 5.69 Å². The summed E-state index contributed by atoms with van der Waals surface area (Å²) in [5.74, 6) is 0. The summed E-state index contributed by atoms with van der Waals surface area (Å²) in [6, 6.07) is 9.49. The van der Waals surface area contributed by atoms with Crippen LogP contribution in [0.25, 0.3) is 5.69 Å². The Morgan fingerprint density at radius 1 is 1.15 bits per heavy atom. The van der Waals surface area contributed by atoms with Crippen LogP contribution in [0.1, 0.15) is 12.0 Å². The first-order valence-electron chi connectivity index (χ1n) is 8.50. The maximum atomic E-state index is 12.4. The van der Waals surface area contributed by atoms with Crippen LogP contribution < -0.4 is 5.32 Å². The number of carbonyl (C=O) groups excluding carboxylic acids is 1. The molecule has 2 aromatic rings. The van der Waals surface area contributed by atoms with Gasteiger partial charge in [-0.05, 0) is 30.2 Å². The van der Waals surface area contributed by atoms with E-state index in [4.69, 9.17) is 0 Å². The van der Waals surface area contributed by atoms with Crippen molar-refractivity contribution in [2.24, 2.45) is 0 Å². The molecule has 0 spiro atoms. The average Bonchev–Trinajstić information content (AvgIpc) is 3.02. The van der Waals surface area contributed by atoms with Crippen LogP contribution in [-0.2, 0) is 16.6 Å². The molecule has 9 heteroatoms. The lowest BCUT2D eigenvalue weighted by Gasteiger charge is -2.21. The summed E-state index contributed by atoms with van der Waals surface area (Å²) >= 11 is 0. The van der Waals surface area contributed by atoms with E-state index in [0.29, 0.717) is 39.1 Å². The lowest BCUT2D eigenvalue weighted by atomic mass is 10.2. The Balaban J connectivity index is 1.52. The van der Waals surface area contributed by atoms with Gasteiger partial charge in [0.05, 0.1) is 11.9 Å². The number of nitrogens with one attached hydrogen (secondary N) is 1. The van der Waals surface area contributed by atoms with Crippen LogP contribution in [0, 0.1) is 0 Å². The fraction of sp³-hybridized carbons (Fsp3) is 0.412. The molecule has 1 aromatic carbocycles. The van der Waals surface area contributed by atoms with Gasteiger partial charge >= 0.3 is 6.03 Å². The van der Waals surface area contributed by atoms with Crippen molar-refractivity contribution in [2.45, 2.75) is 13.0 Å². The van der Waals surface area contributed by atoms with Gasteiger partial charge in [0.2, 0.25) is 10.0 Å². The SMILES string of the molecule is CS(=O)(=O)N1CCCN(C(=O)NCc2ccc(-n3cccn3)cc2)CC1. The van der Waals surface area contributed by atoms with E-state index in [2.05, 4.69) is 10.4 Å². The van der Waals surface area contributed by atoms with Gasteiger partial charge in [0.1, 0.15) is 0 Å². The monoisotopic (exact) mass is 377 g/mol. The van der Waals surface area contributed by atoms with E-state index in [0.717, 1.165) is 11.3 Å². The minimum atomic E-state index is -3.21. The van der Waals surface area contributed by atoms with Crippen LogP contribution in [0.2, 0.25) is 0 Å². The first-order valence-corrected chi connectivity index (χ1v) is 10.4. The summed E-state index contributed by atoms with van der Waals surface area (Å²) in [7, 11) is -3.21. The smallest absolute Gasteiger partial charge is 0.317 e. The Kier molecular flexibility index (Phi) is 5.58. The maximum absolute atomic E-state index is 12.4. The largest absolute Gasteiger partial charge is 0.334 e. The average molecular weight is 377 g/mol. The van der Waals surface area contributed by atoms with Crippen molar-refractivity contribution in [1.82, 2.24) is 24.3 Å². The second kappa shape index (κ2) is 7.88. The zero-order chi connectivity index (χ0) is 18.6. The van der Waals surface area contributed by atoms with Crippen LogP contribution in [-0.4, -0.2) is 65.9 Å². The molecule has 2 heterocycles. The number of urea groups is 1. The van der Waals surface area contributed by atoms with Crippen molar-refractivity contribution in [1.29, 1.82) is 0 Å². The Morgan fingerprint density at radius 3 is 2.58 bits per heavy atom. The van der Waals surface area contributed by atoms with Gasteiger partial charge in [-0.3, -0.25) is 0 Å². The van der Waals surface area contributed by atoms with E-state index in [1.165, 1.54) is 10.6 Å². The first kappa shape index (κ1) is 18.4. The Hall–Kier alpha value is -2.39. The zero-order valence-electron chi connectivity index (χ0n) is 14.7. The third-order valence-corrected chi connectivity index (χ3v) is 5.66. The molecule has 1 aliphatic rings. The molecule has 1 fully saturated rings. The minimum Gasteiger partial charge on any atom is -0.334 e. The normalized spacial score (nSPS) is 16.3. The quantitative estimate of drug-likeness (QED) is 0.863. The van der Waals surface area contributed by atoms with E-state index >= 15 is 0 Å². The van der Waals surface area contributed by atoms with Gasteiger partial charge in [-0.2, -0.15) is 5.10 Å². The molecule has 2 amide bonds. The number of hydrogen-bond donors (Lipinski definition) is 1. The number of rotatable bonds is 4. The number of benzene rings is 1. The summed E-state index contributed by atoms with van der Waals surface area (Å²) in [6.07, 6.45) is 5.44. The molecule has 3 rings (SSSR count). The van der Waals surface area contributed by atoms with Gasteiger partial charge in [-0.15, -0.1) is 0 Å². The molecule has 8 nitrogen and oxygen atoms in total. The second-order valence-corrected chi connectivity index (χ2v) is 8.26. The molecule has 0 radical (unpaired) electrons. The topological polar surface area (TPSA) is 87.5 Å². The highest BCUT2D eigenvalue weighted by molar-refractivity contribution is 7.88. The fourth-order valence-electron chi connectivity index (χ4n) is 2.91. The summed E-state index contributed by atoms with van der Waals surface area (Å²) < 4.78 is 26.5. The number of nitrogens with zero attached hydrogens (tertiary/aromatic N) is 4. The molecule has 1 aliphatic heterocycles. The first-order chi connectivity index (χ1) is 12.4. The highest BCUT2D eigenvalue weighted by Crippen LogP contribution is 2.10. The highest BCUT2D eigenvalue weighted by atomic mass is 32.2. The minimum absolute atomic E-state index is 0.170. The van der Waals surface area contributed by atoms with Crippen LogP contribution in [0.4, 0.5) is 4.79 Å². The summed E-state index contributed by atoms with van der Waals surface area (Å²) in [5, 5.41) is 7.08. The molecule has 0 saturated carbocycles. The maximum Gasteiger partial charge on any atom is 0.317 e. The molecule has 140 valence electrons. The Labute approximate surface area is 153 Å². The third-order valence-electron chi connectivity index (χ3n) is 4.36. The van der Waals surface area contributed by atoms with Crippen molar-refractivity contribution in [3.05, 3.63) is 48.3 Å². The van der Waals surface area contributed by atoms with Crippen molar-refractivity contribution >= 4 is 16.1 Å². The van der Waals surface area contributed by atoms with E-state index in [-0.39, 0.29) is 6.03 Å². The van der Waals surface area contributed by atoms with Crippen LogP contribution >= 0.6 is 0 Å². The number of aromatic nitrogens is 2. The third kappa shape index (κ3) is 4.61. The summed E-state index contributed by atoms with van der Waals surface area (Å²) in [6.45, 7) is 2.17. The second-order valence-electron chi connectivity index (χ2n) is 6.28. The van der Waals surface area contributed by atoms with Gasteiger partial charge in [-0.25, -0.2) is 22.2 Å². The Morgan fingerprint density at radius 2 is 1.92 bits per heavy atom. The van der Waals surface area contributed by atoms with Gasteiger partial charge in [0.25, 0.3) is 0 Å². The number of hydrogen-bond acceptors (Lipinski definition) is 4. The molecule has 26 heavy (non-hydrogen) atoms. The fourth-order valence-corrected chi connectivity index (χ4v) is 3.78. The predicted octanol–water partition coefficient (Wildman–Crippen LogP) is 1.05. The number of carbonyl (C=O) groups is 1. The molecule has 0 bridgehead atoms. The van der Waals surface area contributed by atoms with Gasteiger partial charge in [0, 0.05) is 45.1 Å². The standard InChI is InChI=1S/C17H23N5O3S/c1-26(24,25)21-10-3-9-20(12-13-21)17(23)18-14-15-4-6-16(7-5-15)22-11-2-8-19-22/h2,4-8,11H,3,9-10,12-14H2,1H3,(H,18,23). The predicted molar refractivity (Wildman–Crippen MR) is 98.4 cm³/mol. The molecule has 0 atom stereocenters. The van der Waals surface area contributed by atoms with E-state index < -0.39 is 10.0 Å². The highest BCUT2D eigenvalue weighted by Gasteiger charge is 2.23. The lowest BCUT2D eigenvalue weighted by molar-refractivity contribution is 0.200. The molecule has 1 saturated heterocycles. The van der Waals surface area contributed by atoms with Gasteiger partial charge in [0.15, 0.2) is 0 Å². The molecule has 0 aliphatic carbocycles. The van der Waals surface area contributed by atoms with E-state index in [9.17, 15) is 13.2 Å². The molecular weight excluding hydrogens is 354 g/mol. The molecular formula is C17H23N5O3S. The van der Waals surface area contributed by atoms with E-state index in [1.807, 2.05) is 36.5 Å². The number of sulfonamides is 1. The van der Waals surface area contributed by atoms with Crippen LogP contribution in [0.5, 0.6) is 0 Å². The van der Waals surface area contributed by atoms with E-state index in [1.54, 1.807) is 15.8 Å². The van der Waals surface area contributed by atoms with Crippen molar-refractivity contribution in [2.75, 3.05) is 32.4 Å². The Bertz CT molecular complexity index is 834. The molecule has 1 aromatic heterocycles. The zero-order valence-corrected chi connectivity index (χ0v) is 15.5. The van der Waals surface area contributed by atoms with Gasteiger partial charge < -0.3 is 10.2 Å². The lowest BCUT2D eigenvalue weighted by Crippen LogP contribution is -2.42. The molecule has 0 unspecified atom stereocenters. The number of amides is 2. The summed E-state index contributed by atoms with van der Waals surface area (Å²) in [4.78, 5) is 14.0. The molecule has 1 N–H and O–H groups in total.